The van der Waals surface area contributed by atoms with E-state index in [0.717, 1.165) is 33.2 Å². The fourth-order valence-electron chi connectivity index (χ4n) is 4.95. The van der Waals surface area contributed by atoms with E-state index in [0.29, 0.717) is 29.5 Å². The van der Waals surface area contributed by atoms with Crippen LogP contribution in [0, 0.1) is 13.8 Å². The van der Waals surface area contributed by atoms with E-state index in [2.05, 4.69) is 43.4 Å². The van der Waals surface area contributed by atoms with Crippen LogP contribution >= 0.6 is 11.6 Å². The highest BCUT2D eigenvalue weighted by molar-refractivity contribution is 6.31. The van der Waals surface area contributed by atoms with Gasteiger partial charge in [0, 0.05) is 41.5 Å². The van der Waals surface area contributed by atoms with Crippen molar-refractivity contribution in [1.29, 1.82) is 0 Å². The molecule has 3 heterocycles. The minimum absolute atomic E-state index is 0.181. The minimum atomic E-state index is -0.580. The van der Waals surface area contributed by atoms with Crippen molar-refractivity contribution in [2.45, 2.75) is 59.3 Å². The predicted molar refractivity (Wildman–Crippen MR) is 154 cm³/mol. The number of aromatic nitrogens is 6. The summed E-state index contributed by atoms with van der Waals surface area (Å²) in [5, 5.41) is 14.6. The van der Waals surface area contributed by atoms with Crippen LogP contribution in [-0.4, -0.2) is 35.1 Å². The Kier molecular flexibility index (Phi) is 7.34. The number of aromatic amines is 1. The monoisotopic (exact) mass is 541 g/mol. The Morgan fingerprint density at radius 2 is 1.79 bits per heavy atom. The van der Waals surface area contributed by atoms with Gasteiger partial charge in [-0.05, 0) is 85.5 Å². The second kappa shape index (κ2) is 10.7. The third-order valence-corrected chi connectivity index (χ3v) is 7.31. The third kappa shape index (κ3) is 5.48. The zero-order valence-electron chi connectivity index (χ0n) is 22.8. The summed E-state index contributed by atoms with van der Waals surface area (Å²) in [6.45, 7) is 11.1. The molecule has 0 bridgehead atoms. The first kappa shape index (κ1) is 26.7. The van der Waals surface area contributed by atoms with Crippen LogP contribution < -0.4 is 5.56 Å². The summed E-state index contributed by atoms with van der Waals surface area (Å²) in [5.74, 6) is 0.577. The van der Waals surface area contributed by atoms with Crippen molar-refractivity contribution < 1.29 is 0 Å². The molecule has 9 heteroatoms. The maximum atomic E-state index is 13.9. The zero-order valence-corrected chi connectivity index (χ0v) is 23.6. The SMILES string of the molecule is Cc1ccc(C)c2[nH]c(=O)c(C(c3nnnn3C(C)(C)C)N(Cc3cccnc3)Cc3ccccc3Cl)cc12. The zero-order chi connectivity index (χ0) is 27.7. The lowest BCUT2D eigenvalue weighted by atomic mass is 9.98. The van der Waals surface area contributed by atoms with E-state index in [-0.39, 0.29) is 5.56 Å². The number of nitrogens with zero attached hydrogens (tertiary/aromatic N) is 6. The van der Waals surface area contributed by atoms with Crippen LogP contribution in [0.15, 0.2) is 71.8 Å². The van der Waals surface area contributed by atoms with Crippen LogP contribution in [0.4, 0.5) is 0 Å². The Balaban J connectivity index is 1.77. The topological polar surface area (TPSA) is 92.6 Å². The summed E-state index contributed by atoms with van der Waals surface area (Å²) in [4.78, 5) is 23.6. The number of nitrogens with one attached hydrogen (secondary N) is 1. The molecule has 1 atom stereocenters. The molecule has 0 aliphatic rings. The molecule has 200 valence electrons. The number of tetrazole rings is 1. The van der Waals surface area contributed by atoms with Crippen LogP contribution in [0.2, 0.25) is 5.02 Å². The fraction of sp³-hybridized carbons (Fsp3) is 0.300. The number of benzene rings is 2. The van der Waals surface area contributed by atoms with E-state index in [9.17, 15) is 4.79 Å². The largest absolute Gasteiger partial charge is 0.321 e. The van der Waals surface area contributed by atoms with E-state index in [1.54, 1.807) is 10.9 Å². The molecule has 1 unspecified atom stereocenters. The molecule has 0 aliphatic heterocycles. The van der Waals surface area contributed by atoms with Crippen LogP contribution in [0.1, 0.15) is 60.5 Å². The number of rotatable bonds is 7. The average molecular weight is 542 g/mol. The van der Waals surface area contributed by atoms with Gasteiger partial charge in [0.1, 0.15) is 6.04 Å². The average Bonchev–Trinajstić information content (AvgIpc) is 3.39. The number of halogens is 1. The lowest BCUT2D eigenvalue weighted by Gasteiger charge is -2.33. The van der Waals surface area contributed by atoms with Gasteiger partial charge in [-0.1, -0.05) is 48.0 Å². The second-order valence-electron chi connectivity index (χ2n) is 10.9. The van der Waals surface area contributed by atoms with Crippen LogP contribution in [0.25, 0.3) is 10.9 Å². The quantitative estimate of drug-likeness (QED) is 0.283. The van der Waals surface area contributed by atoms with Gasteiger partial charge in [-0.3, -0.25) is 14.7 Å². The molecule has 39 heavy (non-hydrogen) atoms. The van der Waals surface area contributed by atoms with Gasteiger partial charge in [0.25, 0.3) is 5.56 Å². The van der Waals surface area contributed by atoms with E-state index < -0.39 is 11.6 Å². The van der Waals surface area contributed by atoms with Crippen molar-refractivity contribution >= 4 is 22.5 Å². The number of pyridine rings is 2. The first-order chi connectivity index (χ1) is 18.6. The van der Waals surface area contributed by atoms with Crippen LogP contribution in [-0.2, 0) is 18.6 Å². The molecule has 0 radical (unpaired) electrons. The van der Waals surface area contributed by atoms with Crippen molar-refractivity contribution in [1.82, 2.24) is 35.1 Å². The molecule has 0 amide bonds. The van der Waals surface area contributed by atoms with Gasteiger partial charge in [0.05, 0.1) is 11.1 Å². The molecule has 8 nitrogen and oxygen atoms in total. The predicted octanol–water partition coefficient (Wildman–Crippen LogP) is 5.73. The summed E-state index contributed by atoms with van der Waals surface area (Å²) >= 11 is 6.65. The minimum Gasteiger partial charge on any atom is -0.321 e. The number of H-pyrrole nitrogens is 1. The van der Waals surface area contributed by atoms with Crippen molar-refractivity contribution in [2.75, 3.05) is 0 Å². The molecule has 0 fully saturated rings. The number of hydrogen-bond donors (Lipinski definition) is 1. The lowest BCUT2D eigenvalue weighted by Crippen LogP contribution is -2.37. The highest BCUT2D eigenvalue weighted by atomic mass is 35.5. The van der Waals surface area contributed by atoms with Gasteiger partial charge < -0.3 is 4.98 Å². The van der Waals surface area contributed by atoms with Gasteiger partial charge in [-0.15, -0.1) is 5.10 Å². The second-order valence-corrected chi connectivity index (χ2v) is 11.3. The molecule has 0 saturated heterocycles. The maximum Gasteiger partial charge on any atom is 0.253 e. The summed E-state index contributed by atoms with van der Waals surface area (Å²) < 4.78 is 1.80. The summed E-state index contributed by atoms with van der Waals surface area (Å²) in [7, 11) is 0. The smallest absolute Gasteiger partial charge is 0.253 e. The van der Waals surface area contributed by atoms with E-state index in [1.807, 2.05) is 82.4 Å². The van der Waals surface area contributed by atoms with Gasteiger partial charge in [-0.2, -0.15) is 0 Å². The van der Waals surface area contributed by atoms with Gasteiger partial charge in [-0.25, -0.2) is 4.68 Å². The maximum absolute atomic E-state index is 13.9. The Bertz CT molecular complexity index is 1670. The number of hydrogen-bond acceptors (Lipinski definition) is 6. The van der Waals surface area contributed by atoms with Gasteiger partial charge in [0.2, 0.25) is 0 Å². The Hall–Kier alpha value is -3.88. The first-order valence-electron chi connectivity index (χ1n) is 12.9. The summed E-state index contributed by atoms with van der Waals surface area (Å²) in [6.07, 6.45) is 3.58. The molecule has 0 aliphatic carbocycles. The summed E-state index contributed by atoms with van der Waals surface area (Å²) in [6, 6.07) is 17.2. The van der Waals surface area contributed by atoms with E-state index >= 15 is 0 Å². The normalized spacial score (nSPS) is 12.8. The number of aryl methyl sites for hydroxylation is 2. The fourth-order valence-corrected chi connectivity index (χ4v) is 5.14. The van der Waals surface area contributed by atoms with Crippen molar-refractivity contribution in [3.8, 4) is 0 Å². The molecule has 3 aromatic heterocycles. The molecular formula is C30H32ClN7O. The number of fused-ring (bicyclic) bond motifs is 1. The van der Waals surface area contributed by atoms with E-state index in [4.69, 9.17) is 11.6 Å². The Labute approximate surface area is 232 Å². The van der Waals surface area contributed by atoms with E-state index in [1.165, 1.54) is 0 Å². The summed E-state index contributed by atoms with van der Waals surface area (Å²) in [5.41, 5.74) is 4.82. The highest BCUT2D eigenvalue weighted by Gasteiger charge is 2.34. The standard InChI is InChI=1S/C30H32ClN7O/c1-19-12-13-20(2)26-23(19)15-24(29(39)33-26)27(28-34-35-36-38(28)30(3,4)5)37(17-21-9-8-14-32-16-21)18-22-10-6-7-11-25(22)31/h6-16,27H,17-18H2,1-5H3,(H,33,39). The Morgan fingerprint density at radius 3 is 2.51 bits per heavy atom. The lowest BCUT2D eigenvalue weighted by molar-refractivity contribution is 0.184. The van der Waals surface area contributed by atoms with Crippen molar-refractivity contribution in [3.63, 3.8) is 0 Å². The molecule has 2 aromatic carbocycles. The highest BCUT2D eigenvalue weighted by Crippen LogP contribution is 2.33. The molecule has 5 rings (SSSR count). The van der Waals surface area contributed by atoms with Gasteiger partial charge in [0.15, 0.2) is 5.82 Å². The van der Waals surface area contributed by atoms with Crippen molar-refractivity contribution in [3.05, 3.63) is 116 Å². The molecule has 0 spiro atoms. The van der Waals surface area contributed by atoms with Crippen LogP contribution in [0.5, 0.6) is 0 Å². The van der Waals surface area contributed by atoms with Crippen molar-refractivity contribution in [2.24, 2.45) is 0 Å². The van der Waals surface area contributed by atoms with Gasteiger partial charge >= 0.3 is 0 Å². The van der Waals surface area contributed by atoms with Crippen LogP contribution in [0.3, 0.4) is 0 Å². The Morgan fingerprint density at radius 1 is 1.03 bits per heavy atom. The molecule has 1 N–H and O–H groups in total. The molecular weight excluding hydrogens is 510 g/mol. The molecule has 5 aromatic rings. The first-order valence-corrected chi connectivity index (χ1v) is 13.3. The molecule has 0 saturated carbocycles. The third-order valence-electron chi connectivity index (χ3n) is 6.95.